The van der Waals surface area contributed by atoms with Gasteiger partial charge in [0, 0.05) is 22.8 Å². The molecule has 0 aliphatic heterocycles. The maximum Gasteiger partial charge on any atom is 0.251 e. The number of allylic oxidation sites excluding steroid dienone is 1. The molecule has 2 aromatic carbocycles. The highest BCUT2D eigenvalue weighted by Gasteiger charge is 2.20. The summed E-state index contributed by atoms with van der Waals surface area (Å²) >= 11 is 7.24. The quantitative estimate of drug-likeness (QED) is 0.332. The molecule has 2 amide bonds. The van der Waals surface area contributed by atoms with Crippen LogP contribution in [0.25, 0.3) is 0 Å². The number of hydrogen-bond acceptors (Lipinski definition) is 5. The monoisotopic (exact) mass is 483 g/mol. The fourth-order valence-corrected chi connectivity index (χ4v) is 4.14. The lowest BCUT2D eigenvalue weighted by molar-refractivity contribution is -0.113. The zero-order chi connectivity index (χ0) is 24.0. The van der Waals surface area contributed by atoms with Gasteiger partial charge >= 0.3 is 0 Å². The molecule has 7 nitrogen and oxygen atoms in total. The minimum atomic E-state index is -0.383. The van der Waals surface area contributed by atoms with Crippen LogP contribution in [0.2, 0.25) is 5.02 Å². The molecule has 0 saturated heterocycles. The maximum absolute atomic E-state index is 12.6. The van der Waals surface area contributed by atoms with Crippen LogP contribution in [-0.2, 0) is 11.3 Å². The van der Waals surface area contributed by atoms with E-state index in [-0.39, 0.29) is 23.6 Å². The van der Waals surface area contributed by atoms with Crippen LogP contribution in [0.5, 0.6) is 0 Å². The van der Waals surface area contributed by atoms with Crippen LogP contribution in [0.1, 0.15) is 40.3 Å². The van der Waals surface area contributed by atoms with Crippen LogP contribution in [0.4, 0.5) is 5.69 Å². The van der Waals surface area contributed by atoms with E-state index in [1.807, 2.05) is 37.5 Å². The number of halogens is 1. The van der Waals surface area contributed by atoms with Gasteiger partial charge in [0.2, 0.25) is 5.91 Å². The maximum atomic E-state index is 12.6. The Kier molecular flexibility index (Phi) is 8.30. The summed E-state index contributed by atoms with van der Waals surface area (Å²) < 4.78 is 1.85. The molecule has 0 saturated carbocycles. The summed E-state index contributed by atoms with van der Waals surface area (Å²) in [6, 6.07) is 12.3. The Morgan fingerprint density at radius 3 is 2.58 bits per heavy atom. The Bertz CT molecular complexity index is 1160. The zero-order valence-corrected chi connectivity index (χ0v) is 20.3. The van der Waals surface area contributed by atoms with Gasteiger partial charge in [-0.05, 0) is 56.7 Å². The summed E-state index contributed by atoms with van der Waals surface area (Å²) in [6.07, 6.45) is 1.72. The third-order valence-corrected chi connectivity index (χ3v) is 6.10. The van der Waals surface area contributed by atoms with E-state index < -0.39 is 0 Å². The normalized spacial score (nSPS) is 11.6. The highest BCUT2D eigenvalue weighted by molar-refractivity contribution is 7.99. The van der Waals surface area contributed by atoms with Gasteiger partial charge in [-0.3, -0.25) is 9.59 Å². The second-order valence-electron chi connectivity index (χ2n) is 7.60. The van der Waals surface area contributed by atoms with Gasteiger partial charge in [-0.1, -0.05) is 47.1 Å². The molecule has 9 heteroatoms. The third-order valence-electron chi connectivity index (χ3n) is 4.90. The number of hydrogen-bond donors (Lipinski definition) is 2. The summed E-state index contributed by atoms with van der Waals surface area (Å²) in [5.74, 6) is 0.386. The Morgan fingerprint density at radius 1 is 1.18 bits per heavy atom. The molecule has 0 fully saturated rings. The molecule has 0 aliphatic carbocycles. The highest BCUT2D eigenvalue weighted by Crippen LogP contribution is 2.23. The molecule has 2 N–H and O–H groups in total. The smallest absolute Gasteiger partial charge is 0.251 e. The Labute approximate surface area is 202 Å². The SMILES string of the molecule is C=CCn1c(SCC(=O)Nc2ccc(Cl)cc2C)nnc1[C@H](C)NC(=O)c1ccc(C)cc1. The summed E-state index contributed by atoms with van der Waals surface area (Å²) in [6.45, 7) is 9.95. The molecule has 3 aromatic rings. The zero-order valence-electron chi connectivity index (χ0n) is 18.8. The summed E-state index contributed by atoms with van der Waals surface area (Å²) in [4.78, 5) is 25.1. The Morgan fingerprint density at radius 2 is 1.91 bits per heavy atom. The average Bonchev–Trinajstić information content (AvgIpc) is 3.17. The first-order chi connectivity index (χ1) is 15.8. The number of thioether (sulfide) groups is 1. The first-order valence-corrected chi connectivity index (χ1v) is 11.7. The van der Waals surface area contributed by atoms with Gasteiger partial charge in [-0.25, -0.2) is 0 Å². The first-order valence-electron chi connectivity index (χ1n) is 10.4. The number of aryl methyl sites for hydroxylation is 2. The molecule has 0 bridgehead atoms. The number of rotatable bonds is 9. The molecule has 172 valence electrons. The average molecular weight is 484 g/mol. The van der Waals surface area contributed by atoms with Crippen molar-refractivity contribution in [3.8, 4) is 0 Å². The standard InChI is InChI=1S/C24H26ClN5O2S/c1-5-12-30-22(17(4)26-23(32)18-8-6-15(2)7-9-18)28-29-24(30)33-14-21(31)27-20-11-10-19(25)13-16(20)3/h5-11,13,17H,1,12,14H2,2-4H3,(H,26,32)(H,27,31)/t17-/m0/s1. The Balaban J connectivity index is 1.66. The first kappa shape index (κ1) is 24.5. The van der Waals surface area contributed by atoms with E-state index in [2.05, 4.69) is 27.4 Å². The number of benzene rings is 2. The fraction of sp³-hybridized carbons (Fsp3) is 0.250. The molecule has 1 heterocycles. The summed E-state index contributed by atoms with van der Waals surface area (Å²) in [5.41, 5.74) is 3.26. The van der Waals surface area contributed by atoms with Crippen molar-refractivity contribution in [2.24, 2.45) is 0 Å². The molecule has 0 radical (unpaired) electrons. The lowest BCUT2D eigenvalue weighted by atomic mass is 10.1. The van der Waals surface area contributed by atoms with Crippen molar-refractivity contribution >= 4 is 40.9 Å². The summed E-state index contributed by atoms with van der Waals surface area (Å²) in [7, 11) is 0. The van der Waals surface area contributed by atoms with Gasteiger partial charge in [-0.2, -0.15) is 0 Å². The second kappa shape index (κ2) is 11.2. The van der Waals surface area contributed by atoms with E-state index >= 15 is 0 Å². The number of carbonyl (C=O) groups excluding carboxylic acids is 2. The molecule has 1 atom stereocenters. The number of amides is 2. The van der Waals surface area contributed by atoms with Crippen molar-refractivity contribution in [1.29, 1.82) is 0 Å². The van der Waals surface area contributed by atoms with E-state index in [4.69, 9.17) is 11.6 Å². The predicted molar refractivity (Wildman–Crippen MR) is 133 cm³/mol. The van der Waals surface area contributed by atoms with Gasteiger partial charge in [-0.15, -0.1) is 16.8 Å². The van der Waals surface area contributed by atoms with Gasteiger partial charge in [0.15, 0.2) is 11.0 Å². The van der Waals surface area contributed by atoms with Crippen molar-refractivity contribution in [3.05, 3.63) is 82.7 Å². The minimum absolute atomic E-state index is 0.154. The van der Waals surface area contributed by atoms with Crippen LogP contribution < -0.4 is 10.6 Å². The van der Waals surface area contributed by atoms with Crippen molar-refractivity contribution in [2.75, 3.05) is 11.1 Å². The molecular formula is C24H26ClN5O2S. The number of nitrogens with one attached hydrogen (secondary N) is 2. The second-order valence-corrected chi connectivity index (χ2v) is 8.98. The minimum Gasteiger partial charge on any atom is -0.342 e. The topological polar surface area (TPSA) is 88.9 Å². The van der Waals surface area contributed by atoms with Crippen molar-refractivity contribution in [1.82, 2.24) is 20.1 Å². The third kappa shape index (κ3) is 6.46. The van der Waals surface area contributed by atoms with Crippen LogP contribution in [0, 0.1) is 13.8 Å². The summed E-state index contributed by atoms with van der Waals surface area (Å²) in [5, 5.41) is 15.5. The predicted octanol–water partition coefficient (Wildman–Crippen LogP) is 4.96. The lowest BCUT2D eigenvalue weighted by Crippen LogP contribution is -2.28. The van der Waals surface area contributed by atoms with Crippen LogP contribution in [0.15, 0.2) is 60.3 Å². The van der Waals surface area contributed by atoms with Crippen LogP contribution in [-0.4, -0.2) is 32.3 Å². The van der Waals surface area contributed by atoms with Gasteiger partial charge in [0.1, 0.15) is 0 Å². The molecule has 1 aromatic heterocycles. The van der Waals surface area contributed by atoms with Gasteiger partial charge < -0.3 is 15.2 Å². The number of aromatic nitrogens is 3. The number of carbonyl (C=O) groups is 2. The van der Waals surface area contributed by atoms with Gasteiger partial charge in [0.25, 0.3) is 5.91 Å². The van der Waals surface area contributed by atoms with E-state index in [1.165, 1.54) is 11.8 Å². The van der Waals surface area contributed by atoms with E-state index in [1.54, 1.807) is 36.4 Å². The van der Waals surface area contributed by atoms with E-state index in [0.717, 1.165) is 11.1 Å². The van der Waals surface area contributed by atoms with Crippen molar-refractivity contribution in [2.45, 2.75) is 38.5 Å². The van der Waals surface area contributed by atoms with Crippen molar-refractivity contribution in [3.63, 3.8) is 0 Å². The molecule has 0 spiro atoms. The Hall–Kier alpha value is -3.10. The molecule has 0 aliphatic rings. The highest BCUT2D eigenvalue weighted by atomic mass is 35.5. The van der Waals surface area contributed by atoms with E-state index in [0.29, 0.717) is 33.8 Å². The number of nitrogens with zero attached hydrogens (tertiary/aromatic N) is 3. The largest absolute Gasteiger partial charge is 0.342 e. The van der Waals surface area contributed by atoms with Crippen molar-refractivity contribution < 1.29 is 9.59 Å². The number of anilines is 1. The molecular weight excluding hydrogens is 458 g/mol. The van der Waals surface area contributed by atoms with Crippen LogP contribution >= 0.6 is 23.4 Å². The van der Waals surface area contributed by atoms with Gasteiger partial charge in [0.05, 0.1) is 11.8 Å². The lowest BCUT2D eigenvalue weighted by Gasteiger charge is -2.15. The fourth-order valence-electron chi connectivity index (χ4n) is 3.16. The van der Waals surface area contributed by atoms with E-state index in [9.17, 15) is 9.59 Å². The molecule has 3 rings (SSSR count). The molecule has 33 heavy (non-hydrogen) atoms. The van der Waals surface area contributed by atoms with Crippen LogP contribution in [0.3, 0.4) is 0 Å². The molecule has 0 unspecified atom stereocenters.